The van der Waals surface area contributed by atoms with Gasteiger partial charge in [-0.05, 0) is 43.0 Å². The van der Waals surface area contributed by atoms with Crippen LogP contribution in [0.1, 0.15) is 31.2 Å². The lowest BCUT2D eigenvalue weighted by molar-refractivity contribution is -0.118. The molecule has 0 fully saturated rings. The molecule has 0 atom stereocenters. The number of nitrogens with one attached hydrogen (secondary N) is 1. The zero-order chi connectivity index (χ0) is 13.7. The molecule has 0 unspecified atom stereocenters. The van der Waals surface area contributed by atoms with E-state index in [9.17, 15) is 4.79 Å². The van der Waals surface area contributed by atoms with Gasteiger partial charge in [0.25, 0.3) is 0 Å². The fourth-order valence-electron chi connectivity index (χ4n) is 2.28. The number of primary amides is 1. The highest BCUT2D eigenvalue weighted by Crippen LogP contribution is 2.24. The van der Waals surface area contributed by atoms with Gasteiger partial charge in [-0.3, -0.25) is 4.79 Å². The zero-order valence-corrected chi connectivity index (χ0v) is 11.2. The van der Waals surface area contributed by atoms with E-state index < -0.39 is 0 Å². The second-order valence-electron chi connectivity index (χ2n) is 4.75. The van der Waals surface area contributed by atoms with E-state index in [0.717, 1.165) is 36.9 Å². The smallest absolute Gasteiger partial charge is 0.217 e. The highest BCUT2D eigenvalue weighted by molar-refractivity contribution is 5.84. The van der Waals surface area contributed by atoms with Crippen LogP contribution in [0.15, 0.2) is 24.4 Å². The first-order valence-corrected chi connectivity index (χ1v) is 6.63. The first-order valence-electron chi connectivity index (χ1n) is 6.63. The molecule has 0 aliphatic heterocycles. The number of nitrogens with two attached hydrogens (primary N) is 1. The highest BCUT2D eigenvalue weighted by Gasteiger charge is 2.05. The molecule has 1 aromatic heterocycles. The number of aryl methyl sites for hydroxylation is 1. The number of unbranched alkanes of at least 4 members (excludes halogenated alkanes) is 2. The van der Waals surface area contributed by atoms with Crippen molar-refractivity contribution in [3.05, 3.63) is 30.0 Å². The molecule has 2 aromatic rings. The van der Waals surface area contributed by atoms with Crippen LogP contribution in [-0.4, -0.2) is 18.0 Å². The van der Waals surface area contributed by atoms with Crippen molar-refractivity contribution >= 4 is 16.8 Å². The summed E-state index contributed by atoms with van der Waals surface area (Å²) in [4.78, 5) is 13.9. The Morgan fingerprint density at radius 3 is 2.89 bits per heavy atom. The standard InChI is InChI=1S/C15H20N2O2/c1-19-12-7-8-14-13(9-12)11(10-17-14)5-3-2-4-6-15(16)18/h7-10,17H,2-6H2,1H3,(H2,16,18). The number of carbonyl (C=O) groups is 1. The number of hydrogen-bond donors (Lipinski definition) is 2. The number of ether oxygens (including phenoxy) is 1. The number of rotatable bonds is 7. The van der Waals surface area contributed by atoms with Gasteiger partial charge in [0.1, 0.15) is 5.75 Å². The van der Waals surface area contributed by atoms with E-state index in [0.29, 0.717) is 6.42 Å². The third-order valence-corrected chi connectivity index (χ3v) is 3.34. The van der Waals surface area contributed by atoms with E-state index in [1.54, 1.807) is 7.11 Å². The lowest BCUT2D eigenvalue weighted by Crippen LogP contribution is -2.09. The Balaban J connectivity index is 1.94. The predicted octanol–water partition coefficient (Wildman–Crippen LogP) is 2.76. The minimum Gasteiger partial charge on any atom is -0.497 e. The maximum atomic E-state index is 10.6. The molecule has 19 heavy (non-hydrogen) atoms. The van der Waals surface area contributed by atoms with E-state index >= 15 is 0 Å². The van der Waals surface area contributed by atoms with Crippen molar-refractivity contribution in [1.82, 2.24) is 4.98 Å². The molecular weight excluding hydrogens is 240 g/mol. The summed E-state index contributed by atoms with van der Waals surface area (Å²) in [7, 11) is 1.68. The molecular formula is C15H20N2O2. The monoisotopic (exact) mass is 260 g/mol. The second kappa shape index (κ2) is 6.27. The zero-order valence-electron chi connectivity index (χ0n) is 11.2. The van der Waals surface area contributed by atoms with Crippen molar-refractivity contribution in [3.63, 3.8) is 0 Å². The number of fused-ring (bicyclic) bond motifs is 1. The molecule has 0 aliphatic rings. The Morgan fingerprint density at radius 2 is 2.16 bits per heavy atom. The van der Waals surface area contributed by atoms with Crippen LogP contribution in [0.4, 0.5) is 0 Å². The van der Waals surface area contributed by atoms with E-state index in [1.807, 2.05) is 12.1 Å². The normalized spacial score (nSPS) is 10.8. The number of aromatic amines is 1. The first kappa shape index (κ1) is 13.5. The third-order valence-electron chi connectivity index (χ3n) is 3.34. The van der Waals surface area contributed by atoms with Gasteiger partial charge in [-0.15, -0.1) is 0 Å². The number of benzene rings is 1. The molecule has 1 aromatic carbocycles. The van der Waals surface area contributed by atoms with Crippen LogP contribution in [0.25, 0.3) is 10.9 Å². The van der Waals surface area contributed by atoms with Crippen LogP contribution < -0.4 is 10.5 Å². The molecule has 0 saturated heterocycles. The van der Waals surface area contributed by atoms with E-state index in [4.69, 9.17) is 10.5 Å². The Hall–Kier alpha value is -1.97. The molecule has 4 nitrogen and oxygen atoms in total. The molecule has 0 spiro atoms. The molecule has 2 rings (SSSR count). The van der Waals surface area contributed by atoms with Gasteiger partial charge in [-0.25, -0.2) is 0 Å². The minimum absolute atomic E-state index is 0.211. The molecule has 0 radical (unpaired) electrons. The minimum atomic E-state index is -0.211. The number of amides is 1. The fourth-order valence-corrected chi connectivity index (χ4v) is 2.28. The number of aromatic nitrogens is 1. The lowest BCUT2D eigenvalue weighted by atomic mass is 10.1. The summed E-state index contributed by atoms with van der Waals surface area (Å²) in [5.74, 6) is 0.666. The van der Waals surface area contributed by atoms with E-state index in [-0.39, 0.29) is 5.91 Å². The van der Waals surface area contributed by atoms with Crippen LogP contribution in [0.5, 0.6) is 5.75 Å². The Morgan fingerprint density at radius 1 is 1.32 bits per heavy atom. The van der Waals surface area contributed by atoms with Gasteiger partial charge in [0.05, 0.1) is 7.11 Å². The van der Waals surface area contributed by atoms with Gasteiger partial charge in [-0.2, -0.15) is 0 Å². The quantitative estimate of drug-likeness (QED) is 0.752. The van der Waals surface area contributed by atoms with Crippen LogP contribution in [0.3, 0.4) is 0 Å². The Kier molecular flexibility index (Phi) is 4.44. The van der Waals surface area contributed by atoms with Crippen molar-refractivity contribution in [2.75, 3.05) is 7.11 Å². The average Bonchev–Trinajstić information content (AvgIpc) is 2.80. The van der Waals surface area contributed by atoms with Crippen molar-refractivity contribution in [1.29, 1.82) is 0 Å². The van der Waals surface area contributed by atoms with Gasteiger partial charge >= 0.3 is 0 Å². The SMILES string of the molecule is COc1ccc2[nH]cc(CCCCCC(N)=O)c2c1. The number of H-pyrrole nitrogens is 1. The van der Waals surface area contributed by atoms with Crippen LogP contribution in [0.2, 0.25) is 0 Å². The predicted molar refractivity (Wildman–Crippen MR) is 76.2 cm³/mol. The van der Waals surface area contributed by atoms with Crippen molar-refractivity contribution in [3.8, 4) is 5.75 Å². The van der Waals surface area contributed by atoms with Gasteiger partial charge in [0, 0.05) is 23.5 Å². The summed E-state index contributed by atoms with van der Waals surface area (Å²) in [5.41, 5.74) is 7.55. The summed E-state index contributed by atoms with van der Waals surface area (Å²) in [6.07, 6.45) is 6.52. The maximum absolute atomic E-state index is 10.6. The van der Waals surface area contributed by atoms with Crippen LogP contribution >= 0.6 is 0 Å². The molecule has 1 heterocycles. The molecule has 3 N–H and O–H groups in total. The molecule has 4 heteroatoms. The van der Waals surface area contributed by atoms with Gasteiger partial charge < -0.3 is 15.5 Å². The molecule has 0 aliphatic carbocycles. The third kappa shape index (κ3) is 3.50. The summed E-state index contributed by atoms with van der Waals surface area (Å²) < 4.78 is 5.25. The maximum Gasteiger partial charge on any atom is 0.217 e. The topological polar surface area (TPSA) is 68.1 Å². The van der Waals surface area contributed by atoms with E-state index in [2.05, 4.69) is 17.2 Å². The fraction of sp³-hybridized carbons (Fsp3) is 0.400. The van der Waals surface area contributed by atoms with Crippen LogP contribution in [0, 0.1) is 0 Å². The first-order chi connectivity index (χ1) is 9.20. The van der Waals surface area contributed by atoms with E-state index in [1.165, 1.54) is 10.9 Å². The largest absolute Gasteiger partial charge is 0.497 e. The lowest BCUT2D eigenvalue weighted by Gasteiger charge is -2.02. The summed E-state index contributed by atoms with van der Waals surface area (Å²) in [5, 5.41) is 1.22. The van der Waals surface area contributed by atoms with Crippen molar-refractivity contribution < 1.29 is 9.53 Å². The van der Waals surface area contributed by atoms with Gasteiger partial charge in [0.2, 0.25) is 5.91 Å². The number of methoxy groups -OCH3 is 1. The number of carbonyl (C=O) groups excluding carboxylic acids is 1. The summed E-state index contributed by atoms with van der Waals surface area (Å²) >= 11 is 0. The molecule has 0 saturated carbocycles. The molecule has 1 amide bonds. The van der Waals surface area contributed by atoms with Crippen LogP contribution in [-0.2, 0) is 11.2 Å². The summed E-state index contributed by atoms with van der Waals surface area (Å²) in [6, 6.07) is 6.05. The number of hydrogen-bond acceptors (Lipinski definition) is 2. The highest BCUT2D eigenvalue weighted by atomic mass is 16.5. The average molecular weight is 260 g/mol. The molecule has 102 valence electrons. The van der Waals surface area contributed by atoms with Crippen molar-refractivity contribution in [2.24, 2.45) is 5.73 Å². The second-order valence-corrected chi connectivity index (χ2v) is 4.75. The Labute approximate surface area is 112 Å². The Bertz CT molecular complexity index is 560. The van der Waals surface area contributed by atoms with Gasteiger partial charge in [-0.1, -0.05) is 6.42 Å². The van der Waals surface area contributed by atoms with Gasteiger partial charge in [0.15, 0.2) is 0 Å². The molecule has 0 bridgehead atoms. The van der Waals surface area contributed by atoms with Crippen molar-refractivity contribution in [2.45, 2.75) is 32.1 Å². The summed E-state index contributed by atoms with van der Waals surface area (Å²) in [6.45, 7) is 0.